The van der Waals surface area contributed by atoms with Crippen molar-refractivity contribution >= 4 is 5.91 Å². The first kappa shape index (κ1) is 17.3. The number of ether oxygens (including phenoxy) is 1. The summed E-state index contributed by atoms with van der Waals surface area (Å²) in [7, 11) is 1.58. The molecule has 3 nitrogen and oxygen atoms in total. The average Bonchev–Trinajstić information content (AvgIpc) is 2.60. The van der Waals surface area contributed by atoms with E-state index in [0.717, 1.165) is 17.4 Å². The van der Waals surface area contributed by atoms with E-state index >= 15 is 0 Å². The second-order valence-electron chi connectivity index (χ2n) is 6.14. The highest BCUT2D eigenvalue weighted by molar-refractivity contribution is 5.78. The van der Waals surface area contributed by atoms with Crippen LogP contribution in [0.15, 0.2) is 36.4 Å². The van der Waals surface area contributed by atoms with Gasteiger partial charge < -0.3 is 9.64 Å². The van der Waals surface area contributed by atoms with Gasteiger partial charge in [0.05, 0.1) is 7.11 Å². The third-order valence-electron chi connectivity index (χ3n) is 4.53. The number of nitrogens with zero attached hydrogens (tertiary/aromatic N) is 1. The Morgan fingerprint density at radius 2 is 1.76 bits per heavy atom. The van der Waals surface area contributed by atoms with Crippen molar-refractivity contribution in [2.75, 3.05) is 13.7 Å². The molecular formula is C19H18F3NO2. The van der Waals surface area contributed by atoms with E-state index in [9.17, 15) is 18.0 Å². The van der Waals surface area contributed by atoms with Gasteiger partial charge in [-0.2, -0.15) is 0 Å². The highest BCUT2D eigenvalue weighted by Crippen LogP contribution is 2.32. The standard InChI is InChI=1S/C19H18F3NO2/c1-25-14-4-2-12(3-5-14)11-23-7-6-13(8-19(23)24)15-9-17(21)18(22)10-16(15)20/h2-5,9-10,13H,6-8,11H2,1H3/t13-/m0/s1. The molecule has 0 N–H and O–H groups in total. The minimum Gasteiger partial charge on any atom is -0.497 e. The van der Waals surface area contributed by atoms with E-state index in [1.807, 2.05) is 24.3 Å². The van der Waals surface area contributed by atoms with E-state index in [-0.39, 0.29) is 17.9 Å². The molecule has 1 aliphatic rings. The van der Waals surface area contributed by atoms with Crippen LogP contribution in [0, 0.1) is 17.5 Å². The van der Waals surface area contributed by atoms with E-state index in [4.69, 9.17) is 4.74 Å². The summed E-state index contributed by atoms with van der Waals surface area (Å²) in [6, 6.07) is 8.81. The van der Waals surface area contributed by atoms with Crippen LogP contribution in [0.2, 0.25) is 0 Å². The fourth-order valence-electron chi connectivity index (χ4n) is 3.11. The number of carbonyl (C=O) groups is 1. The summed E-state index contributed by atoms with van der Waals surface area (Å²) in [5.41, 5.74) is 1.03. The maximum Gasteiger partial charge on any atom is 0.223 e. The Kier molecular flexibility index (Phi) is 4.97. The number of halogens is 3. The van der Waals surface area contributed by atoms with E-state index in [1.165, 1.54) is 0 Å². The monoisotopic (exact) mass is 349 g/mol. The normalized spacial score (nSPS) is 17.7. The number of hydrogen-bond donors (Lipinski definition) is 0. The number of hydrogen-bond acceptors (Lipinski definition) is 2. The number of carbonyl (C=O) groups excluding carboxylic acids is 1. The van der Waals surface area contributed by atoms with Gasteiger partial charge in [0.2, 0.25) is 5.91 Å². The molecule has 0 spiro atoms. The van der Waals surface area contributed by atoms with Crippen molar-refractivity contribution in [1.82, 2.24) is 4.90 Å². The molecule has 6 heteroatoms. The highest BCUT2D eigenvalue weighted by atomic mass is 19.2. The molecule has 3 rings (SSSR count). The van der Waals surface area contributed by atoms with Crippen molar-refractivity contribution in [3.05, 3.63) is 65.0 Å². The van der Waals surface area contributed by atoms with Gasteiger partial charge in [-0.05, 0) is 41.7 Å². The quantitative estimate of drug-likeness (QED) is 0.781. The van der Waals surface area contributed by atoms with E-state index in [0.29, 0.717) is 25.6 Å². The minimum atomic E-state index is -1.22. The van der Waals surface area contributed by atoms with E-state index < -0.39 is 23.4 Å². The Labute approximate surface area is 144 Å². The van der Waals surface area contributed by atoms with Crippen molar-refractivity contribution in [1.29, 1.82) is 0 Å². The Hall–Kier alpha value is -2.50. The van der Waals surface area contributed by atoms with Crippen molar-refractivity contribution in [3.8, 4) is 5.75 Å². The lowest BCUT2D eigenvalue weighted by molar-refractivity contribution is -0.134. The zero-order valence-electron chi connectivity index (χ0n) is 13.8. The Morgan fingerprint density at radius 1 is 1.08 bits per heavy atom. The Morgan fingerprint density at radius 3 is 2.40 bits per heavy atom. The lowest BCUT2D eigenvalue weighted by Crippen LogP contribution is -2.37. The number of piperidine rings is 1. The lowest BCUT2D eigenvalue weighted by atomic mass is 9.88. The first-order chi connectivity index (χ1) is 12.0. The molecule has 0 bridgehead atoms. The predicted octanol–water partition coefficient (Wildman–Crippen LogP) is 4.02. The van der Waals surface area contributed by atoms with E-state index in [1.54, 1.807) is 12.0 Å². The minimum absolute atomic E-state index is 0.0661. The first-order valence-electron chi connectivity index (χ1n) is 8.03. The fourth-order valence-corrected chi connectivity index (χ4v) is 3.11. The SMILES string of the molecule is COc1ccc(CN2CC[C@H](c3cc(F)c(F)cc3F)CC2=O)cc1. The number of benzene rings is 2. The molecule has 1 aliphatic heterocycles. The van der Waals surface area contributed by atoms with E-state index in [2.05, 4.69) is 0 Å². The zero-order valence-corrected chi connectivity index (χ0v) is 13.8. The number of likely N-dealkylation sites (tertiary alicyclic amines) is 1. The smallest absolute Gasteiger partial charge is 0.223 e. The average molecular weight is 349 g/mol. The molecule has 1 fully saturated rings. The van der Waals surface area contributed by atoms with Gasteiger partial charge in [0.25, 0.3) is 0 Å². The molecule has 25 heavy (non-hydrogen) atoms. The molecule has 0 aromatic heterocycles. The van der Waals surface area contributed by atoms with Crippen molar-refractivity contribution < 1.29 is 22.7 Å². The molecule has 1 saturated heterocycles. The van der Waals surface area contributed by atoms with Gasteiger partial charge in [-0.3, -0.25) is 4.79 Å². The predicted molar refractivity (Wildman–Crippen MR) is 86.7 cm³/mol. The molecule has 2 aromatic carbocycles. The molecule has 2 aromatic rings. The van der Waals surface area contributed by atoms with Crippen LogP contribution in [0.1, 0.15) is 29.9 Å². The molecule has 0 aliphatic carbocycles. The highest BCUT2D eigenvalue weighted by Gasteiger charge is 2.29. The van der Waals surface area contributed by atoms with Gasteiger partial charge in [-0.1, -0.05) is 12.1 Å². The summed E-state index contributed by atoms with van der Waals surface area (Å²) >= 11 is 0. The van der Waals surface area contributed by atoms with Gasteiger partial charge in [-0.25, -0.2) is 13.2 Å². The lowest BCUT2D eigenvalue weighted by Gasteiger charge is -2.32. The summed E-state index contributed by atoms with van der Waals surface area (Å²) in [5.74, 6) is -2.94. The fraction of sp³-hybridized carbons (Fsp3) is 0.316. The number of rotatable bonds is 4. The summed E-state index contributed by atoms with van der Waals surface area (Å²) in [4.78, 5) is 14.1. The Balaban J connectivity index is 1.68. The molecular weight excluding hydrogens is 331 g/mol. The maximum atomic E-state index is 13.9. The van der Waals surface area contributed by atoms with Crippen LogP contribution in [0.3, 0.4) is 0 Å². The van der Waals surface area contributed by atoms with Crippen LogP contribution in [0.4, 0.5) is 13.2 Å². The molecule has 1 heterocycles. The Bertz CT molecular complexity index is 777. The van der Waals surface area contributed by atoms with Crippen LogP contribution >= 0.6 is 0 Å². The van der Waals surface area contributed by atoms with Crippen LogP contribution in [-0.2, 0) is 11.3 Å². The van der Waals surface area contributed by atoms with Gasteiger partial charge in [0.15, 0.2) is 11.6 Å². The van der Waals surface area contributed by atoms with Gasteiger partial charge in [0.1, 0.15) is 11.6 Å². The van der Waals surface area contributed by atoms with Crippen molar-refractivity contribution in [2.24, 2.45) is 0 Å². The second-order valence-corrected chi connectivity index (χ2v) is 6.14. The summed E-state index contributed by atoms with van der Waals surface area (Å²) in [6.45, 7) is 0.893. The molecule has 1 atom stereocenters. The molecule has 0 radical (unpaired) electrons. The summed E-state index contributed by atoms with van der Waals surface area (Å²) in [6.07, 6.45) is 0.585. The van der Waals surface area contributed by atoms with Gasteiger partial charge in [0, 0.05) is 25.6 Å². The van der Waals surface area contributed by atoms with Crippen LogP contribution in [0.25, 0.3) is 0 Å². The largest absolute Gasteiger partial charge is 0.497 e. The van der Waals surface area contributed by atoms with Gasteiger partial charge in [-0.15, -0.1) is 0 Å². The van der Waals surface area contributed by atoms with Crippen molar-refractivity contribution in [2.45, 2.75) is 25.3 Å². The summed E-state index contributed by atoms with van der Waals surface area (Å²) < 4.78 is 45.5. The third kappa shape index (κ3) is 3.78. The maximum absolute atomic E-state index is 13.9. The molecule has 1 amide bonds. The number of amides is 1. The van der Waals surface area contributed by atoms with Gasteiger partial charge >= 0.3 is 0 Å². The number of methoxy groups -OCH3 is 1. The second kappa shape index (κ2) is 7.17. The molecule has 0 saturated carbocycles. The van der Waals surface area contributed by atoms with Crippen LogP contribution in [-0.4, -0.2) is 24.5 Å². The third-order valence-corrected chi connectivity index (χ3v) is 4.53. The zero-order chi connectivity index (χ0) is 18.0. The molecule has 132 valence electrons. The van der Waals surface area contributed by atoms with Crippen molar-refractivity contribution in [3.63, 3.8) is 0 Å². The summed E-state index contributed by atoms with van der Waals surface area (Å²) in [5, 5.41) is 0. The van der Waals surface area contributed by atoms with Crippen LogP contribution in [0.5, 0.6) is 5.75 Å². The topological polar surface area (TPSA) is 29.5 Å². The van der Waals surface area contributed by atoms with Crippen LogP contribution < -0.4 is 4.74 Å². The molecule has 0 unspecified atom stereocenters. The first-order valence-corrected chi connectivity index (χ1v) is 8.03.